The first kappa shape index (κ1) is 12.8. The van der Waals surface area contributed by atoms with E-state index in [1.54, 1.807) is 31.2 Å². The van der Waals surface area contributed by atoms with Crippen LogP contribution in [0.1, 0.15) is 22.2 Å². The highest BCUT2D eigenvalue weighted by Crippen LogP contribution is 2.13. The van der Waals surface area contributed by atoms with Crippen LogP contribution >= 0.6 is 22.9 Å². The van der Waals surface area contributed by atoms with Crippen molar-refractivity contribution in [1.82, 2.24) is 0 Å². The van der Waals surface area contributed by atoms with E-state index in [9.17, 15) is 4.79 Å². The number of hydrogen-bond acceptors (Lipinski definition) is 4. The number of carbonyl (C=O) groups excluding carboxylic acids is 1. The fourth-order valence-corrected chi connectivity index (χ4v) is 2.17. The third-order valence-electron chi connectivity index (χ3n) is 2.20. The number of thiophene rings is 1. The second-order valence-electron chi connectivity index (χ2n) is 3.54. The van der Waals surface area contributed by atoms with Crippen LogP contribution < -0.4 is 0 Å². The summed E-state index contributed by atoms with van der Waals surface area (Å²) in [6.07, 6.45) is 0. The van der Waals surface area contributed by atoms with Gasteiger partial charge in [0.2, 0.25) is 0 Å². The maximum absolute atomic E-state index is 11.7. The standard InChI is InChI=1S/C13H10ClNO2S/c1-9(12-6-3-7-18-12)15-17-13(16)10-4-2-5-11(14)8-10/h2-8H,1H3/b15-9+. The lowest BCUT2D eigenvalue weighted by atomic mass is 10.2. The number of rotatable bonds is 3. The average Bonchev–Trinajstić information content (AvgIpc) is 2.89. The molecule has 1 aromatic carbocycles. The van der Waals surface area contributed by atoms with Crippen LogP contribution in [0.4, 0.5) is 0 Å². The Bertz CT molecular complexity index is 578. The molecule has 3 nitrogen and oxygen atoms in total. The van der Waals surface area contributed by atoms with Gasteiger partial charge >= 0.3 is 5.97 Å². The Kier molecular flexibility index (Phi) is 4.12. The van der Waals surface area contributed by atoms with Gasteiger partial charge in [-0.05, 0) is 36.6 Å². The van der Waals surface area contributed by atoms with Crippen LogP contribution in [0.3, 0.4) is 0 Å². The molecule has 0 radical (unpaired) electrons. The molecule has 5 heteroatoms. The fraction of sp³-hybridized carbons (Fsp3) is 0.0769. The van der Waals surface area contributed by atoms with Gasteiger partial charge in [0.1, 0.15) is 0 Å². The molecule has 0 saturated carbocycles. The Morgan fingerprint density at radius 3 is 2.83 bits per heavy atom. The van der Waals surface area contributed by atoms with Gasteiger partial charge in [0.05, 0.1) is 16.2 Å². The van der Waals surface area contributed by atoms with E-state index in [0.29, 0.717) is 16.3 Å². The molecule has 0 aliphatic heterocycles. The lowest BCUT2D eigenvalue weighted by molar-refractivity contribution is 0.0516. The zero-order valence-electron chi connectivity index (χ0n) is 9.59. The minimum Gasteiger partial charge on any atom is -0.313 e. The summed E-state index contributed by atoms with van der Waals surface area (Å²) in [6.45, 7) is 1.79. The van der Waals surface area contributed by atoms with Crippen molar-refractivity contribution in [3.63, 3.8) is 0 Å². The zero-order chi connectivity index (χ0) is 13.0. The van der Waals surface area contributed by atoms with Crippen LogP contribution in [-0.2, 0) is 4.84 Å². The van der Waals surface area contributed by atoms with Crippen LogP contribution in [0.2, 0.25) is 5.02 Å². The Labute approximate surface area is 114 Å². The lowest BCUT2D eigenvalue weighted by Gasteiger charge is -2.00. The number of oxime groups is 1. The van der Waals surface area contributed by atoms with E-state index in [4.69, 9.17) is 16.4 Å². The highest BCUT2D eigenvalue weighted by Gasteiger charge is 2.08. The normalized spacial score (nSPS) is 11.3. The highest BCUT2D eigenvalue weighted by atomic mass is 35.5. The molecule has 0 aliphatic rings. The fourth-order valence-electron chi connectivity index (χ4n) is 1.31. The van der Waals surface area contributed by atoms with E-state index in [1.807, 2.05) is 17.5 Å². The number of carbonyl (C=O) groups is 1. The minimum absolute atomic E-state index is 0.380. The molecule has 0 spiro atoms. The molecule has 0 saturated heterocycles. The monoisotopic (exact) mass is 279 g/mol. The Morgan fingerprint density at radius 1 is 1.33 bits per heavy atom. The molecule has 18 heavy (non-hydrogen) atoms. The predicted octanol–water partition coefficient (Wildman–Crippen LogP) is 3.98. The van der Waals surface area contributed by atoms with Gasteiger partial charge in [-0.1, -0.05) is 28.9 Å². The molecule has 1 heterocycles. The molecule has 0 fully saturated rings. The highest BCUT2D eigenvalue weighted by molar-refractivity contribution is 7.12. The maximum Gasteiger partial charge on any atom is 0.365 e. The van der Waals surface area contributed by atoms with Gasteiger partial charge in [-0.2, -0.15) is 0 Å². The van der Waals surface area contributed by atoms with Crippen LogP contribution in [-0.4, -0.2) is 11.7 Å². The van der Waals surface area contributed by atoms with E-state index >= 15 is 0 Å². The average molecular weight is 280 g/mol. The van der Waals surface area contributed by atoms with Crippen LogP contribution in [0.5, 0.6) is 0 Å². The third kappa shape index (κ3) is 3.18. The topological polar surface area (TPSA) is 38.7 Å². The molecule has 0 unspecified atom stereocenters. The quantitative estimate of drug-likeness (QED) is 0.484. The van der Waals surface area contributed by atoms with E-state index < -0.39 is 5.97 Å². The molecule has 0 bridgehead atoms. The SMILES string of the molecule is C/C(=N\OC(=O)c1cccc(Cl)c1)c1cccs1. The van der Waals surface area contributed by atoms with Gasteiger partial charge in [-0.25, -0.2) is 4.79 Å². The van der Waals surface area contributed by atoms with E-state index in [1.165, 1.54) is 11.3 Å². The van der Waals surface area contributed by atoms with Gasteiger partial charge in [-0.15, -0.1) is 11.3 Å². The number of benzene rings is 1. The van der Waals surface area contributed by atoms with Gasteiger partial charge in [0.25, 0.3) is 0 Å². The molecular weight excluding hydrogens is 270 g/mol. The summed E-state index contributed by atoms with van der Waals surface area (Å²) in [6, 6.07) is 10.4. The Balaban J connectivity index is 2.07. The molecule has 1 aromatic heterocycles. The van der Waals surface area contributed by atoms with Crippen LogP contribution in [0.15, 0.2) is 46.9 Å². The summed E-state index contributed by atoms with van der Waals surface area (Å²) in [7, 11) is 0. The number of nitrogens with zero attached hydrogens (tertiary/aromatic N) is 1. The van der Waals surface area contributed by atoms with Crippen molar-refractivity contribution < 1.29 is 9.63 Å². The second kappa shape index (κ2) is 5.80. The van der Waals surface area contributed by atoms with Gasteiger partial charge in [-0.3, -0.25) is 0 Å². The van der Waals surface area contributed by atoms with E-state index in [-0.39, 0.29) is 0 Å². The summed E-state index contributed by atoms with van der Waals surface area (Å²) in [4.78, 5) is 17.5. The molecule has 92 valence electrons. The van der Waals surface area contributed by atoms with Crippen molar-refractivity contribution in [3.8, 4) is 0 Å². The third-order valence-corrected chi connectivity index (χ3v) is 3.42. The van der Waals surface area contributed by atoms with Gasteiger partial charge in [0, 0.05) is 5.02 Å². The van der Waals surface area contributed by atoms with Crippen molar-refractivity contribution in [2.75, 3.05) is 0 Å². The molecule has 0 amide bonds. The molecule has 0 aliphatic carbocycles. The van der Waals surface area contributed by atoms with Crippen molar-refractivity contribution in [3.05, 3.63) is 57.2 Å². The Hall–Kier alpha value is -1.65. The van der Waals surface area contributed by atoms with Gasteiger partial charge in [0.15, 0.2) is 0 Å². The molecule has 2 rings (SSSR count). The van der Waals surface area contributed by atoms with E-state index in [2.05, 4.69) is 5.16 Å². The van der Waals surface area contributed by atoms with Crippen LogP contribution in [0, 0.1) is 0 Å². The Morgan fingerprint density at radius 2 is 2.17 bits per heavy atom. The second-order valence-corrected chi connectivity index (χ2v) is 4.93. The van der Waals surface area contributed by atoms with Crippen molar-refractivity contribution in [2.45, 2.75) is 6.92 Å². The predicted molar refractivity (Wildman–Crippen MR) is 73.4 cm³/mol. The zero-order valence-corrected chi connectivity index (χ0v) is 11.2. The smallest absolute Gasteiger partial charge is 0.313 e. The largest absolute Gasteiger partial charge is 0.365 e. The lowest BCUT2D eigenvalue weighted by Crippen LogP contribution is -2.03. The van der Waals surface area contributed by atoms with Crippen molar-refractivity contribution in [1.29, 1.82) is 0 Å². The first-order valence-electron chi connectivity index (χ1n) is 5.22. The number of halogens is 1. The minimum atomic E-state index is -0.520. The molecular formula is C13H10ClNO2S. The summed E-state index contributed by atoms with van der Waals surface area (Å²) in [5.74, 6) is -0.520. The van der Waals surface area contributed by atoms with Gasteiger partial charge < -0.3 is 4.84 Å². The van der Waals surface area contributed by atoms with Crippen LogP contribution in [0.25, 0.3) is 0 Å². The molecule has 0 N–H and O–H groups in total. The number of hydrogen-bond donors (Lipinski definition) is 0. The van der Waals surface area contributed by atoms with Crippen molar-refractivity contribution >= 4 is 34.6 Å². The summed E-state index contributed by atoms with van der Waals surface area (Å²) in [5, 5.41) is 6.23. The molecule has 2 aromatic rings. The van der Waals surface area contributed by atoms with E-state index in [0.717, 1.165) is 4.88 Å². The summed E-state index contributed by atoms with van der Waals surface area (Å²) < 4.78 is 0. The maximum atomic E-state index is 11.7. The van der Waals surface area contributed by atoms with Crippen molar-refractivity contribution in [2.24, 2.45) is 5.16 Å². The summed E-state index contributed by atoms with van der Waals surface area (Å²) >= 11 is 7.33. The first-order chi connectivity index (χ1) is 8.66. The first-order valence-corrected chi connectivity index (χ1v) is 6.48. The molecule has 0 atom stereocenters. The summed E-state index contributed by atoms with van der Waals surface area (Å²) in [5.41, 5.74) is 1.05.